The van der Waals surface area contributed by atoms with E-state index in [1.807, 2.05) is 20.0 Å². The number of aromatic nitrogens is 2. The number of aryl methyl sites for hydroxylation is 1. The lowest BCUT2D eigenvalue weighted by molar-refractivity contribution is 0.629. The molecule has 17 heavy (non-hydrogen) atoms. The lowest BCUT2D eigenvalue weighted by Crippen LogP contribution is -2.09. The van der Waals surface area contributed by atoms with Gasteiger partial charge in [0, 0.05) is 18.5 Å². The van der Waals surface area contributed by atoms with E-state index in [-0.39, 0.29) is 5.82 Å². The molecule has 1 heterocycles. The second-order valence-corrected chi connectivity index (χ2v) is 4.90. The van der Waals surface area contributed by atoms with Crippen LogP contribution in [0.4, 0.5) is 4.39 Å². The zero-order valence-corrected chi connectivity index (χ0v) is 10.6. The van der Waals surface area contributed by atoms with Gasteiger partial charge in [-0.05, 0) is 31.7 Å². The molecule has 0 aliphatic heterocycles. The molecule has 5 heteroatoms. The molecule has 1 aromatic carbocycles. The molecule has 90 valence electrons. The molecule has 0 radical (unpaired) electrons. The Balaban J connectivity index is 2.24. The second kappa shape index (κ2) is 5.33. The first-order valence-corrected chi connectivity index (χ1v) is 6.26. The van der Waals surface area contributed by atoms with Crippen LogP contribution < -0.4 is 5.32 Å². The zero-order valence-electron chi connectivity index (χ0n) is 9.83. The van der Waals surface area contributed by atoms with Gasteiger partial charge in [0.1, 0.15) is 10.8 Å². The van der Waals surface area contributed by atoms with Crippen LogP contribution in [0.3, 0.4) is 0 Å². The Hall–Kier alpha value is -1.33. The third kappa shape index (κ3) is 2.87. The van der Waals surface area contributed by atoms with E-state index < -0.39 is 0 Å². The molecule has 0 atom stereocenters. The van der Waals surface area contributed by atoms with Crippen molar-refractivity contribution in [2.45, 2.75) is 13.3 Å². The lowest BCUT2D eigenvalue weighted by atomic mass is 10.1. The molecule has 1 N–H and O–H groups in total. The average Bonchev–Trinajstić information content (AvgIpc) is 2.75. The fourth-order valence-electron chi connectivity index (χ4n) is 1.49. The maximum Gasteiger partial charge on any atom is 0.150 e. The van der Waals surface area contributed by atoms with Crippen LogP contribution in [0.2, 0.25) is 0 Å². The van der Waals surface area contributed by atoms with Gasteiger partial charge in [0.15, 0.2) is 5.01 Å². The average molecular weight is 251 g/mol. The molecule has 0 fully saturated rings. The Labute approximate surface area is 104 Å². The molecule has 0 saturated carbocycles. The van der Waals surface area contributed by atoms with E-state index in [2.05, 4.69) is 15.5 Å². The number of nitrogens with zero attached hydrogens (tertiary/aromatic N) is 2. The van der Waals surface area contributed by atoms with Crippen LogP contribution in [0.1, 0.15) is 10.6 Å². The van der Waals surface area contributed by atoms with Crippen LogP contribution in [0.25, 0.3) is 10.6 Å². The van der Waals surface area contributed by atoms with Gasteiger partial charge in [-0.2, -0.15) is 0 Å². The van der Waals surface area contributed by atoms with Gasteiger partial charge in [-0.25, -0.2) is 4.39 Å². The minimum absolute atomic E-state index is 0.235. The topological polar surface area (TPSA) is 37.8 Å². The molecule has 2 rings (SSSR count). The summed E-state index contributed by atoms with van der Waals surface area (Å²) in [6.07, 6.45) is 0.821. The lowest BCUT2D eigenvalue weighted by Gasteiger charge is -1.99. The van der Waals surface area contributed by atoms with Crippen LogP contribution in [-0.2, 0) is 6.42 Å². The van der Waals surface area contributed by atoms with Crippen molar-refractivity contribution >= 4 is 11.3 Å². The van der Waals surface area contributed by atoms with E-state index in [4.69, 9.17) is 0 Å². The number of hydrogen-bond donors (Lipinski definition) is 1. The number of likely N-dealkylation sites (N-methyl/N-ethyl adjacent to an activating group) is 1. The zero-order chi connectivity index (χ0) is 12.3. The highest BCUT2D eigenvalue weighted by atomic mass is 32.1. The number of nitrogens with one attached hydrogen (secondary N) is 1. The van der Waals surface area contributed by atoms with Crippen molar-refractivity contribution in [2.24, 2.45) is 0 Å². The molecule has 0 amide bonds. The van der Waals surface area contributed by atoms with Crippen LogP contribution in [0, 0.1) is 12.7 Å². The standard InChI is InChI=1S/C12H14FN3S/c1-8-3-4-9(10(13)7-8)12-16-15-11(17-12)5-6-14-2/h3-4,7,14H,5-6H2,1-2H3. The van der Waals surface area contributed by atoms with Gasteiger partial charge in [-0.15, -0.1) is 10.2 Å². The molecule has 0 spiro atoms. The van der Waals surface area contributed by atoms with Gasteiger partial charge in [-0.3, -0.25) is 0 Å². The van der Waals surface area contributed by atoms with Crippen LogP contribution >= 0.6 is 11.3 Å². The van der Waals surface area contributed by atoms with Crippen molar-refractivity contribution in [3.63, 3.8) is 0 Å². The van der Waals surface area contributed by atoms with E-state index in [0.29, 0.717) is 10.6 Å². The highest BCUT2D eigenvalue weighted by Gasteiger charge is 2.10. The first kappa shape index (κ1) is 12.1. The predicted molar refractivity (Wildman–Crippen MR) is 67.7 cm³/mol. The molecule has 0 unspecified atom stereocenters. The minimum atomic E-state index is -0.235. The van der Waals surface area contributed by atoms with Gasteiger partial charge < -0.3 is 5.32 Å². The monoisotopic (exact) mass is 251 g/mol. The van der Waals surface area contributed by atoms with Gasteiger partial charge in [0.05, 0.1) is 0 Å². The summed E-state index contributed by atoms with van der Waals surface area (Å²) in [5.41, 5.74) is 1.44. The number of halogens is 1. The van der Waals surface area contributed by atoms with Crippen LogP contribution in [-0.4, -0.2) is 23.8 Å². The largest absolute Gasteiger partial charge is 0.319 e. The Morgan fingerprint density at radius 3 is 2.88 bits per heavy atom. The van der Waals surface area contributed by atoms with Crippen molar-refractivity contribution < 1.29 is 4.39 Å². The van der Waals surface area contributed by atoms with Gasteiger partial charge in [0.25, 0.3) is 0 Å². The van der Waals surface area contributed by atoms with Crippen molar-refractivity contribution in [1.29, 1.82) is 0 Å². The quantitative estimate of drug-likeness (QED) is 0.906. The van der Waals surface area contributed by atoms with Crippen molar-refractivity contribution in [1.82, 2.24) is 15.5 Å². The Kier molecular flexibility index (Phi) is 3.81. The molecule has 0 bridgehead atoms. The molecular weight excluding hydrogens is 237 g/mol. The second-order valence-electron chi connectivity index (χ2n) is 3.84. The fourth-order valence-corrected chi connectivity index (χ4v) is 2.36. The van der Waals surface area contributed by atoms with E-state index in [0.717, 1.165) is 23.5 Å². The molecule has 1 aromatic heterocycles. The number of benzene rings is 1. The van der Waals surface area contributed by atoms with E-state index in [1.54, 1.807) is 6.07 Å². The van der Waals surface area contributed by atoms with Crippen LogP contribution in [0.15, 0.2) is 18.2 Å². The highest BCUT2D eigenvalue weighted by molar-refractivity contribution is 7.14. The highest BCUT2D eigenvalue weighted by Crippen LogP contribution is 2.26. The Morgan fingerprint density at radius 2 is 2.18 bits per heavy atom. The SMILES string of the molecule is CNCCc1nnc(-c2ccc(C)cc2F)s1. The normalized spacial score (nSPS) is 10.8. The molecule has 3 nitrogen and oxygen atoms in total. The molecule has 2 aromatic rings. The summed E-state index contributed by atoms with van der Waals surface area (Å²) in [4.78, 5) is 0. The maximum absolute atomic E-state index is 13.7. The van der Waals surface area contributed by atoms with Gasteiger partial charge in [-0.1, -0.05) is 17.4 Å². The Morgan fingerprint density at radius 1 is 1.35 bits per heavy atom. The fraction of sp³-hybridized carbons (Fsp3) is 0.333. The summed E-state index contributed by atoms with van der Waals surface area (Å²) in [6, 6.07) is 5.16. The predicted octanol–water partition coefficient (Wildman–Crippen LogP) is 2.41. The summed E-state index contributed by atoms with van der Waals surface area (Å²) in [5.74, 6) is -0.235. The number of rotatable bonds is 4. The third-order valence-corrected chi connectivity index (χ3v) is 3.43. The summed E-state index contributed by atoms with van der Waals surface area (Å²) in [6.45, 7) is 2.72. The molecule has 0 aliphatic carbocycles. The van der Waals surface area contributed by atoms with Gasteiger partial charge in [0.2, 0.25) is 0 Å². The first-order valence-electron chi connectivity index (χ1n) is 5.44. The first-order chi connectivity index (χ1) is 8.20. The summed E-state index contributed by atoms with van der Waals surface area (Å²) < 4.78 is 13.7. The number of hydrogen-bond acceptors (Lipinski definition) is 4. The van der Waals surface area contributed by atoms with Gasteiger partial charge >= 0.3 is 0 Å². The minimum Gasteiger partial charge on any atom is -0.319 e. The molecular formula is C12H14FN3S. The smallest absolute Gasteiger partial charge is 0.150 e. The van der Waals surface area contributed by atoms with E-state index in [9.17, 15) is 4.39 Å². The Bertz CT molecular complexity index is 510. The molecule has 0 saturated heterocycles. The van der Waals surface area contributed by atoms with E-state index >= 15 is 0 Å². The third-order valence-electron chi connectivity index (χ3n) is 2.41. The van der Waals surface area contributed by atoms with E-state index in [1.165, 1.54) is 17.4 Å². The molecule has 0 aliphatic rings. The summed E-state index contributed by atoms with van der Waals surface area (Å²) in [5, 5.41) is 12.7. The van der Waals surface area contributed by atoms with Crippen molar-refractivity contribution in [3.05, 3.63) is 34.6 Å². The summed E-state index contributed by atoms with van der Waals surface area (Å²) in [7, 11) is 1.89. The summed E-state index contributed by atoms with van der Waals surface area (Å²) >= 11 is 1.44. The van der Waals surface area contributed by atoms with Crippen molar-refractivity contribution in [3.8, 4) is 10.6 Å². The maximum atomic E-state index is 13.7. The van der Waals surface area contributed by atoms with Crippen molar-refractivity contribution in [2.75, 3.05) is 13.6 Å². The van der Waals surface area contributed by atoms with Crippen LogP contribution in [0.5, 0.6) is 0 Å².